The van der Waals surface area contributed by atoms with E-state index in [0.717, 1.165) is 58.0 Å². The predicted molar refractivity (Wildman–Crippen MR) is 127 cm³/mol. The van der Waals surface area contributed by atoms with Crippen molar-refractivity contribution in [2.75, 3.05) is 46.9 Å². The SMILES string of the molecule is CCNC(=NCC(CCN(C)C)OCC)NC1CCN(Cc2ccccc2)C(C)C1. The Hall–Kier alpha value is -1.63. The van der Waals surface area contributed by atoms with Crippen molar-refractivity contribution in [1.82, 2.24) is 20.4 Å². The number of hydrogen-bond acceptors (Lipinski definition) is 4. The largest absolute Gasteiger partial charge is 0.377 e. The van der Waals surface area contributed by atoms with Gasteiger partial charge in [0.15, 0.2) is 5.96 Å². The van der Waals surface area contributed by atoms with Crippen LogP contribution in [0.15, 0.2) is 35.3 Å². The summed E-state index contributed by atoms with van der Waals surface area (Å²) in [5.74, 6) is 0.917. The Morgan fingerprint density at radius 2 is 2.03 bits per heavy atom. The van der Waals surface area contributed by atoms with Crippen LogP contribution in [-0.4, -0.2) is 80.8 Å². The lowest BCUT2D eigenvalue weighted by Crippen LogP contribution is -2.51. The van der Waals surface area contributed by atoms with Crippen LogP contribution < -0.4 is 10.6 Å². The summed E-state index contributed by atoms with van der Waals surface area (Å²) in [6.07, 6.45) is 3.43. The quantitative estimate of drug-likeness (QED) is 0.428. The highest BCUT2D eigenvalue weighted by atomic mass is 16.5. The molecule has 1 fully saturated rings. The van der Waals surface area contributed by atoms with E-state index in [2.05, 4.69) is 85.6 Å². The van der Waals surface area contributed by atoms with Gasteiger partial charge in [0, 0.05) is 44.9 Å². The molecule has 2 rings (SSSR count). The second-order valence-electron chi connectivity index (χ2n) is 8.56. The summed E-state index contributed by atoms with van der Waals surface area (Å²) in [4.78, 5) is 9.64. The smallest absolute Gasteiger partial charge is 0.191 e. The van der Waals surface area contributed by atoms with Gasteiger partial charge in [-0.1, -0.05) is 30.3 Å². The minimum atomic E-state index is 0.166. The van der Waals surface area contributed by atoms with Crippen LogP contribution in [0.3, 0.4) is 0 Å². The Kier molecular flexibility index (Phi) is 11.2. The molecule has 1 heterocycles. The molecule has 0 saturated carbocycles. The van der Waals surface area contributed by atoms with E-state index in [1.807, 2.05) is 0 Å². The van der Waals surface area contributed by atoms with Gasteiger partial charge in [-0.2, -0.15) is 0 Å². The maximum atomic E-state index is 5.90. The molecule has 0 spiro atoms. The summed E-state index contributed by atoms with van der Waals surface area (Å²) >= 11 is 0. The predicted octanol–water partition coefficient (Wildman–Crippen LogP) is 2.95. The number of rotatable bonds is 11. The first-order chi connectivity index (χ1) is 14.5. The zero-order chi connectivity index (χ0) is 21.8. The maximum Gasteiger partial charge on any atom is 0.191 e. The van der Waals surface area contributed by atoms with Gasteiger partial charge in [0.2, 0.25) is 0 Å². The lowest BCUT2D eigenvalue weighted by Gasteiger charge is -2.38. The molecule has 2 N–H and O–H groups in total. The minimum Gasteiger partial charge on any atom is -0.377 e. The molecule has 3 atom stereocenters. The van der Waals surface area contributed by atoms with E-state index >= 15 is 0 Å². The molecule has 3 unspecified atom stereocenters. The molecular formula is C24H43N5O. The first-order valence-electron chi connectivity index (χ1n) is 11.6. The number of nitrogens with zero attached hydrogens (tertiary/aromatic N) is 3. The van der Waals surface area contributed by atoms with Gasteiger partial charge in [-0.25, -0.2) is 0 Å². The second-order valence-corrected chi connectivity index (χ2v) is 8.56. The summed E-state index contributed by atoms with van der Waals surface area (Å²) in [5, 5.41) is 7.10. The molecule has 170 valence electrons. The van der Waals surface area contributed by atoms with Crippen molar-refractivity contribution in [3.63, 3.8) is 0 Å². The van der Waals surface area contributed by atoms with Crippen molar-refractivity contribution in [3.05, 3.63) is 35.9 Å². The van der Waals surface area contributed by atoms with Gasteiger partial charge >= 0.3 is 0 Å². The van der Waals surface area contributed by atoms with E-state index < -0.39 is 0 Å². The molecule has 6 nitrogen and oxygen atoms in total. The number of hydrogen-bond donors (Lipinski definition) is 2. The molecule has 1 aliphatic heterocycles. The summed E-state index contributed by atoms with van der Waals surface area (Å²) in [7, 11) is 4.20. The standard InChI is InChI=1S/C24H43N5O/c1-6-25-24(26-18-23(30-7-2)14-15-28(4)5)27-22-13-16-29(20(3)17-22)19-21-11-9-8-10-12-21/h8-12,20,22-23H,6-7,13-19H2,1-5H3,(H2,25,26,27). The Balaban J connectivity index is 1.87. The average molecular weight is 418 g/mol. The molecule has 30 heavy (non-hydrogen) atoms. The van der Waals surface area contributed by atoms with Crippen LogP contribution in [0, 0.1) is 0 Å². The van der Waals surface area contributed by atoms with E-state index in [1.165, 1.54) is 5.56 Å². The third kappa shape index (κ3) is 9.02. The first kappa shape index (κ1) is 24.6. The van der Waals surface area contributed by atoms with Crippen molar-refractivity contribution in [2.24, 2.45) is 4.99 Å². The van der Waals surface area contributed by atoms with Crippen LogP contribution >= 0.6 is 0 Å². The summed E-state index contributed by atoms with van der Waals surface area (Å²) in [5.41, 5.74) is 1.39. The lowest BCUT2D eigenvalue weighted by molar-refractivity contribution is 0.0582. The Labute approximate surface area is 184 Å². The van der Waals surface area contributed by atoms with Gasteiger partial charge in [0.25, 0.3) is 0 Å². The normalized spacial score (nSPS) is 21.6. The summed E-state index contributed by atoms with van der Waals surface area (Å²) < 4.78 is 5.90. The highest BCUT2D eigenvalue weighted by Crippen LogP contribution is 2.20. The van der Waals surface area contributed by atoms with Gasteiger partial charge in [0.05, 0.1) is 12.6 Å². The van der Waals surface area contributed by atoms with Crippen LogP contribution in [-0.2, 0) is 11.3 Å². The topological polar surface area (TPSA) is 52.1 Å². The van der Waals surface area contributed by atoms with Crippen molar-refractivity contribution in [1.29, 1.82) is 0 Å². The van der Waals surface area contributed by atoms with Crippen LogP contribution in [0.25, 0.3) is 0 Å². The molecular weight excluding hydrogens is 374 g/mol. The van der Waals surface area contributed by atoms with E-state index in [4.69, 9.17) is 9.73 Å². The number of ether oxygens (including phenoxy) is 1. The number of benzene rings is 1. The number of piperidine rings is 1. The summed E-state index contributed by atoms with van der Waals surface area (Å²) in [6.45, 7) is 12.0. The van der Waals surface area contributed by atoms with E-state index in [-0.39, 0.29) is 6.10 Å². The fourth-order valence-electron chi connectivity index (χ4n) is 3.98. The fourth-order valence-corrected chi connectivity index (χ4v) is 3.98. The molecule has 1 aromatic carbocycles. The molecule has 0 radical (unpaired) electrons. The zero-order valence-corrected chi connectivity index (χ0v) is 19.7. The molecule has 6 heteroatoms. The molecule has 1 aliphatic rings. The number of aliphatic imine (C=N–C) groups is 1. The van der Waals surface area contributed by atoms with Gasteiger partial charge in [-0.15, -0.1) is 0 Å². The Morgan fingerprint density at radius 1 is 1.27 bits per heavy atom. The maximum absolute atomic E-state index is 5.90. The van der Waals surface area contributed by atoms with Gasteiger partial charge < -0.3 is 20.3 Å². The van der Waals surface area contributed by atoms with Crippen LogP contribution in [0.2, 0.25) is 0 Å². The molecule has 1 saturated heterocycles. The highest BCUT2D eigenvalue weighted by Gasteiger charge is 2.26. The minimum absolute atomic E-state index is 0.166. The first-order valence-corrected chi connectivity index (χ1v) is 11.6. The third-order valence-corrected chi connectivity index (χ3v) is 5.68. The van der Waals surface area contributed by atoms with Crippen molar-refractivity contribution in [3.8, 4) is 0 Å². The number of nitrogens with one attached hydrogen (secondary N) is 2. The van der Waals surface area contributed by atoms with Crippen molar-refractivity contribution in [2.45, 2.75) is 64.8 Å². The zero-order valence-electron chi connectivity index (χ0n) is 19.7. The van der Waals surface area contributed by atoms with Gasteiger partial charge in [-0.3, -0.25) is 9.89 Å². The molecule has 0 aliphatic carbocycles. The van der Waals surface area contributed by atoms with E-state index in [1.54, 1.807) is 0 Å². The molecule has 0 amide bonds. The third-order valence-electron chi connectivity index (χ3n) is 5.68. The molecule has 0 aromatic heterocycles. The van der Waals surface area contributed by atoms with Crippen molar-refractivity contribution >= 4 is 5.96 Å². The van der Waals surface area contributed by atoms with Crippen LogP contribution in [0.4, 0.5) is 0 Å². The van der Waals surface area contributed by atoms with E-state index in [9.17, 15) is 0 Å². The molecule has 1 aromatic rings. The van der Waals surface area contributed by atoms with Crippen LogP contribution in [0.1, 0.15) is 45.6 Å². The Bertz CT molecular complexity index is 607. The van der Waals surface area contributed by atoms with Crippen LogP contribution in [0.5, 0.6) is 0 Å². The number of likely N-dealkylation sites (tertiary alicyclic amines) is 1. The number of guanidine groups is 1. The average Bonchev–Trinajstić information content (AvgIpc) is 2.72. The summed E-state index contributed by atoms with van der Waals surface area (Å²) in [6, 6.07) is 11.8. The van der Waals surface area contributed by atoms with Crippen molar-refractivity contribution < 1.29 is 4.74 Å². The van der Waals surface area contributed by atoms with Gasteiger partial charge in [-0.05, 0) is 59.7 Å². The van der Waals surface area contributed by atoms with Gasteiger partial charge in [0.1, 0.15) is 0 Å². The monoisotopic (exact) mass is 417 g/mol. The second kappa shape index (κ2) is 13.6. The molecule has 0 bridgehead atoms. The lowest BCUT2D eigenvalue weighted by atomic mass is 9.97. The Morgan fingerprint density at radius 3 is 2.67 bits per heavy atom. The van der Waals surface area contributed by atoms with E-state index in [0.29, 0.717) is 18.6 Å². The highest BCUT2D eigenvalue weighted by molar-refractivity contribution is 5.80. The fraction of sp³-hybridized carbons (Fsp3) is 0.708.